The maximum Gasteiger partial charge on any atom is 0.407 e. The number of nitrogens with zero attached hydrogens (tertiary/aromatic N) is 2. The minimum atomic E-state index is -0.501. The molecule has 2 aromatic rings. The van der Waals surface area contributed by atoms with Gasteiger partial charge in [-0.25, -0.2) is 14.8 Å². The van der Waals surface area contributed by atoms with Crippen LogP contribution in [0.3, 0.4) is 0 Å². The zero-order valence-electron chi connectivity index (χ0n) is 14.3. The van der Waals surface area contributed by atoms with Crippen LogP contribution < -0.4 is 5.32 Å². The van der Waals surface area contributed by atoms with Crippen molar-refractivity contribution in [3.63, 3.8) is 0 Å². The number of hydrogen-bond acceptors (Lipinski definition) is 5. The maximum atomic E-state index is 11.9. The van der Waals surface area contributed by atoms with Gasteiger partial charge in [-0.3, -0.25) is 0 Å². The minimum Gasteiger partial charge on any atom is -0.444 e. The van der Waals surface area contributed by atoms with Gasteiger partial charge in [0.1, 0.15) is 5.60 Å². The van der Waals surface area contributed by atoms with E-state index in [9.17, 15) is 4.79 Å². The van der Waals surface area contributed by atoms with Crippen LogP contribution in [0.15, 0.2) is 30.5 Å². The molecule has 0 aromatic carbocycles. The Balaban J connectivity index is 1.65. The van der Waals surface area contributed by atoms with Gasteiger partial charge in [-0.15, -0.1) is 0 Å². The molecule has 1 aliphatic rings. The van der Waals surface area contributed by atoms with Crippen LogP contribution in [0.4, 0.5) is 4.79 Å². The average Bonchev–Trinajstić information content (AvgIpc) is 2.48. The lowest BCUT2D eigenvalue weighted by atomic mass is 9.81. The zero-order chi connectivity index (χ0) is 17.2. The van der Waals surface area contributed by atoms with E-state index >= 15 is 0 Å². The summed E-state index contributed by atoms with van der Waals surface area (Å²) in [5.74, 6) is 0. The lowest BCUT2D eigenvalue weighted by molar-refractivity contribution is -0.110. The number of aromatic nitrogens is 2. The number of carbonyl (C=O) groups excluding carboxylic acids is 1. The molecular weight excluding hydrogens is 306 g/mol. The standard InChI is InChI=1S/C18H23N3O3/c1-17(2,3)24-16(22)20-10-18(11-23-12-18)9-14-7-6-13-5-4-8-19-15(13)21-14/h4-8H,9-12H2,1-3H3,(H,20,22). The van der Waals surface area contributed by atoms with Crippen molar-refractivity contribution >= 4 is 17.1 Å². The van der Waals surface area contributed by atoms with E-state index in [4.69, 9.17) is 9.47 Å². The second-order valence-corrected chi connectivity index (χ2v) is 7.38. The topological polar surface area (TPSA) is 73.3 Å². The fraction of sp³-hybridized carbons (Fsp3) is 0.500. The van der Waals surface area contributed by atoms with Crippen LogP contribution in [0.25, 0.3) is 11.0 Å². The summed E-state index contributed by atoms with van der Waals surface area (Å²) in [6, 6.07) is 7.93. The minimum absolute atomic E-state index is 0.133. The molecule has 1 fully saturated rings. The Morgan fingerprint density at radius 3 is 2.79 bits per heavy atom. The van der Waals surface area contributed by atoms with Gasteiger partial charge in [0.25, 0.3) is 0 Å². The van der Waals surface area contributed by atoms with Gasteiger partial charge in [-0.1, -0.05) is 0 Å². The Morgan fingerprint density at radius 2 is 2.12 bits per heavy atom. The van der Waals surface area contributed by atoms with Crippen molar-refractivity contribution in [1.29, 1.82) is 0 Å². The van der Waals surface area contributed by atoms with Gasteiger partial charge in [-0.2, -0.15) is 0 Å². The van der Waals surface area contributed by atoms with Gasteiger partial charge in [0, 0.05) is 35.7 Å². The molecule has 0 spiro atoms. The number of pyridine rings is 2. The van der Waals surface area contributed by atoms with E-state index in [2.05, 4.69) is 15.3 Å². The average molecular weight is 329 g/mol. The van der Waals surface area contributed by atoms with Crippen LogP contribution in [0, 0.1) is 5.41 Å². The van der Waals surface area contributed by atoms with Crippen LogP contribution in [-0.4, -0.2) is 41.4 Å². The van der Waals surface area contributed by atoms with E-state index in [1.165, 1.54) is 0 Å². The Labute approximate surface area is 141 Å². The van der Waals surface area contributed by atoms with E-state index in [1.807, 2.05) is 45.0 Å². The van der Waals surface area contributed by atoms with Crippen LogP contribution in [0.1, 0.15) is 26.5 Å². The molecule has 0 radical (unpaired) electrons. The SMILES string of the molecule is CC(C)(C)OC(=O)NCC1(Cc2ccc3cccnc3n2)COC1. The highest BCUT2D eigenvalue weighted by molar-refractivity contribution is 5.74. The molecule has 3 rings (SSSR count). The molecule has 0 bridgehead atoms. The molecular formula is C18H23N3O3. The smallest absolute Gasteiger partial charge is 0.407 e. The van der Waals surface area contributed by atoms with Crippen molar-refractivity contribution in [3.8, 4) is 0 Å². The van der Waals surface area contributed by atoms with Crippen molar-refractivity contribution in [2.75, 3.05) is 19.8 Å². The quantitative estimate of drug-likeness (QED) is 0.933. The van der Waals surface area contributed by atoms with E-state index in [1.54, 1.807) is 6.20 Å². The Kier molecular flexibility index (Phi) is 4.41. The predicted molar refractivity (Wildman–Crippen MR) is 90.7 cm³/mol. The van der Waals surface area contributed by atoms with Crippen molar-refractivity contribution in [2.24, 2.45) is 5.41 Å². The summed E-state index contributed by atoms with van der Waals surface area (Å²) in [6.07, 6.45) is 2.07. The van der Waals surface area contributed by atoms with Gasteiger partial charge >= 0.3 is 6.09 Å². The molecule has 128 valence electrons. The molecule has 6 nitrogen and oxygen atoms in total. The number of ether oxygens (including phenoxy) is 2. The number of alkyl carbamates (subject to hydrolysis) is 1. The Morgan fingerprint density at radius 1 is 1.33 bits per heavy atom. The first-order chi connectivity index (χ1) is 11.4. The highest BCUT2D eigenvalue weighted by atomic mass is 16.6. The van der Waals surface area contributed by atoms with Gasteiger partial charge < -0.3 is 14.8 Å². The molecule has 0 unspecified atom stereocenters. The summed E-state index contributed by atoms with van der Waals surface area (Å²) in [7, 11) is 0. The Bertz CT molecular complexity index is 736. The second kappa shape index (κ2) is 6.36. The Hall–Kier alpha value is -2.21. The third kappa shape index (κ3) is 4.00. The van der Waals surface area contributed by atoms with Gasteiger partial charge in [0.05, 0.1) is 13.2 Å². The number of carbonyl (C=O) groups is 1. The molecule has 1 saturated heterocycles. The van der Waals surface area contributed by atoms with Gasteiger partial charge in [-0.05, 0) is 45.0 Å². The maximum absolute atomic E-state index is 11.9. The van der Waals surface area contributed by atoms with E-state index in [0.717, 1.165) is 23.1 Å². The largest absolute Gasteiger partial charge is 0.444 e. The normalized spacial score (nSPS) is 16.5. The van der Waals surface area contributed by atoms with Crippen LogP contribution in [-0.2, 0) is 15.9 Å². The van der Waals surface area contributed by atoms with Crippen molar-refractivity contribution in [2.45, 2.75) is 32.8 Å². The molecule has 2 aromatic heterocycles. The first-order valence-corrected chi connectivity index (χ1v) is 8.11. The third-order valence-electron chi connectivity index (χ3n) is 3.90. The molecule has 3 heterocycles. The van der Waals surface area contributed by atoms with E-state index in [0.29, 0.717) is 19.8 Å². The van der Waals surface area contributed by atoms with Crippen LogP contribution >= 0.6 is 0 Å². The summed E-state index contributed by atoms with van der Waals surface area (Å²) >= 11 is 0. The molecule has 6 heteroatoms. The van der Waals surface area contributed by atoms with Gasteiger partial charge in [0.2, 0.25) is 0 Å². The molecule has 0 aliphatic carbocycles. The summed E-state index contributed by atoms with van der Waals surface area (Å²) in [5, 5.41) is 3.88. The number of fused-ring (bicyclic) bond motifs is 1. The lowest BCUT2D eigenvalue weighted by Gasteiger charge is -2.41. The first-order valence-electron chi connectivity index (χ1n) is 8.11. The lowest BCUT2D eigenvalue weighted by Crippen LogP contribution is -2.52. The fourth-order valence-electron chi connectivity index (χ4n) is 2.71. The zero-order valence-corrected chi connectivity index (χ0v) is 14.3. The fourth-order valence-corrected chi connectivity index (χ4v) is 2.71. The predicted octanol–water partition coefficient (Wildman–Crippen LogP) is 2.71. The third-order valence-corrected chi connectivity index (χ3v) is 3.90. The summed E-state index contributed by atoms with van der Waals surface area (Å²) in [5.41, 5.74) is 1.06. The molecule has 24 heavy (non-hydrogen) atoms. The number of amides is 1. The monoisotopic (exact) mass is 329 g/mol. The summed E-state index contributed by atoms with van der Waals surface area (Å²) in [4.78, 5) is 20.8. The number of nitrogens with one attached hydrogen (secondary N) is 1. The molecule has 1 N–H and O–H groups in total. The molecule has 0 atom stereocenters. The highest BCUT2D eigenvalue weighted by Crippen LogP contribution is 2.31. The molecule has 0 saturated carbocycles. The number of hydrogen-bond donors (Lipinski definition) is 1. The van der Waals surface area contributed by atoms with Crippen LogP contribution in [0.2, 0.25) is 0 Å². The van der Waals surface area contributed by atoms with E-state index < -0.39 is 11.7 Å². The molecule has 1 aliphatic heterocycles. The second-order valence-electron chi connectivity index (χ2n) is 7.38. The number of rotatable bonds is 4. The summed E-state index contributed by atoms with van der Waals surface area (Å²) in [6.45, 7) is 7.25. The van der Waals surface area contributed by atoms with E-state index in [-0.39, 0.29) is 5.41 Å². The van der Waals surface area contributed by atoms with Crippen molar-refractivity contribution < 1.29 is 14.3 Å². The van der Waals surface area contributed by atoms with Crippen molar-refractivity contribution in [3.05, 3.63) is 36.2 Å². The highest BCUT2D eigenvalue weighted by Gasteiger charge is 2.39. The van der Waals surface area contributed by atoms with Gasteiger partial charge in [0.15, 0.2) is 5.65 Å². The van der Waals surface area contributed by atoms with Crippen molar-refractivity contribution in [1.82, 2.24) is 15.3 Å². The van der Waals surface area contributed by atoms with Crippen LogP contribution in [0.5, 0.6) is 0 Å². The summed E-state index contributed by atoms with van der Waals surface area (Å²) < 4.78 is 10.7. The molecule has 1 amide bonds. The first kappa shape index (κ1) is 16.6.